The molecule has 22 heavy (non-hydrogen) atoms. The number of hydrogen-bond acceptors (Lipinski definition) is 3. The molecule has 0 radical (unpaired) electrons. The molecule has 0 saturated carbocycles. The van der Waals surface area contributed by atoms with E-state index in [0.29, 0.717) is 0 Å². The third-order valence-corrected chi connectivity index (χ3v) is 7.51. The minimum atomic E-state index is -2.21. The topological polar surface area (TPSA) is 32.3 Å². The van der Waals surface area contributed by atoms with Crippen LogP contribution < -0.4 is 10.6 Å². The maximum absolute atomic E-state index is 13.2. The minimum Gasteiger partial charge on any atom is -0.388 e. The van der Waals surface area contributed by atoms with Gasteiger partial charge in [0.1, 0.15) is 7.14 Å². The van der Waals surface area contributed by atoms with Gasteiger partial charge < -0.3 is 9.88 Å². The standard InChI is InChI=1S/C18H23N2OP/c1-19-17-7-9-18(10-8-17)22(21)13-11-20(12-14-22)15-16-5-3-2-4-6-16/h2-10,19H,11-15H2,1H3. The number of rotatable bonds is 4. The maximum Gasteiger partial charge on any atom is 0.118 e. The van der Waals surface area contributed by atoms with Gasteiger partial charge >= 0.3 is 0 Å². The number of anilines is 1. The van der Waals surface area contributed by atoms with Crippen LogP contribution in [-0.2, 0) is 11.1 Å². The molecule has 1 aliphatic heterocycles. The van der Waals surface area contributed by atoms with Crippen LogP contribution in [0.3, 0.4) is 0 Å². The summed E-state index contributed by atoms with van der Waals surface area (Å²) in [6, 6.07) is 18.6. The van der Waals surface area contributed by atoms with Gasteiger partial charge in [-0.2, -0.15) is 0 Å². The van der Waals surface area contributed by atoms with Gasteiger partial charge in [-0.1, -0.05) is 30.3 Å². The molecule has 1 saturated heterocycles. The molecule has 0 atom stereocenters. The van der Waals surface area contributed by atoms with Crippen LogP contribution in [0.2, 0.25) is 0 Å². The number of nitrogens with zero attached hydrogens (tertiary/aromatic N) is 1. The molecule has 0 spiro atoms. The molecule has 0 aliphatic carbocycles. The van der Waals surface area contributed by atoms with Crippen molar-refractivity contribution in [2.24, 2.45) is 0 Å². The Bertz CT molecular complexity index is 643. The highest BCUT2D eigenvalue weighted by atomic mass is 31.2. The highest BCUT2D eigenvalue weighted by Gasteiger charge is 2.30. The largest absolute Gasteiger partial charge is 0.388 e. The van der Waals surface area contributed by atoms with Crippen LogP contribution in [0.25, 0.3) is 0 Å². The van der Waals surface area contributed by atoms with Crippen LogP contribution in [0.4, 0.5) is 5.69 Å². The van der Waals surface area contributed by atoms with E-state index < -0.39 is 7.14 Å². The predicted octanol–water partition coefficient (Wildman–Crippen LogP) is 3.23. The van der Waals surface area contributed by atoms with Crippen molar-refractivity contribution in [3.8, 4) is 0 Å². The van der Waals surface area contributed by atoms with Gasteiger partial charge in [0.15, 0.2) is 0 Å². The van der Waals surface area contributed by atoms with Crippen LogP contribution in [0.15, 0.2) is 54.6 Å². The van der Waals surface area contributed by atoms with Crippen LogP contribution >= 0.6 is 7.14 Å². The van der Waals surface area contributed by atoms with Gasteiger partial charge in [0, 0.05) is 50.0 Å². The lowest BCUT2D eigenvalue weighted by Crippen LogP contribution is -2.36. The molecule has 1 N–H and O–H groups in total. The normalized spacial score (nSPS) is 18.0. The van der Waals surface area contributed by atoms with Gasteiger partial charge in [0.25, 0.3) is 0 Å². The first-order valence-electron chi connectivity index (χ1n) is 7.82. The second-order valence-corrected chi connectivity index (χ2v) is 9.08. The summed E-state index contributed by atoms with van der Waals surface area (Å²) in [5.41, 5.74) is 2.40. The molecule has 1 fully saturated rings. The van der Waals surface area contributed by atoms with Gasteiger partial charge in [-0.15, -0.1) is 0 Å². The van der Waals surface area contributed by atoms with E-state index >= 15 is 0 Å². The molecule has 2 aromatic rings. The Morgan fingerprint density at radius 2 is 1.64 bits per heavy atom. The SMILES string of the molecule is CNc1ccc(P2(=O)CCN(Cc3ccccc3)CC2)cc1. The minimum absolute atomic E-state index is 0.790. The lowest BCUT2D eigenvalue weighted by atomic mass is 10.2. The fourth-order valence-corrected chi connectivity index (χ4v) is 5.63. The molecule has 116 valence electrons. The Hall–Kier alpha value is -1.57. The molecule has 0 aromatic heterocycles. The molecule has 1 aliphatic rings. The van der Waals surface area contributed by atoms with E-state index in [1.807, 2.05) is 37.4 Å². The second kappa shape index (κ2) is 6.68. The average Bonchev–Trinajstić information content (AvgIpc) is 2.58. The maximum atomic E-state index is 13.2. The Morgan fingerprint density at radius 1 is 1.00 bits per heavy atom. The van der Waals surface area contributed by atoms with Crippen LogP contribution in [0.5, 0.6) is 0 Å². The second-order valence-electron chi connectivity index (χ2n) is 5.90. The number of benzene rings is 2. The van der Waals surface area contributed by atoms with Crippen molar-refractivity contribution in [2.45, 2.75) is 6.54 Å². The van der Waals surface area contributed by atoms with Crippen molar-refractivity contribution in [1.29, 1.82) is 0 Å². The Balaban J connectivity index is 1.63. The summed E-state index contributed by atoms with van der Waals surface area (Å²) >= 11 is 0. The first-order valence-corrected chi connectivity index (χ1v) is 9.90. The van der Waals surface area contributed by atoms with Gasteiger partial charge in [-0.05, 0) is 29.8 Å². The summed E-state index contributed by atoms with van der Waals surface area (Å²) in [6.07, 6.45) is 1.58. The van der Waals surface area contributed by atoms with E-state index in [1.54, 1.807) is 0 Å². The molecule has 0 amide bonds. The van der Waals surface area contributed by atoms with Crippen molar-refractivity contribution in [2.75, 3.05) is 37.8 Å². The number of hydrogen-bond donors (Lipinski definition) is 1. The Kier molecular flexibility index (Phi) is 4.66. The van der Waals surface area contributed by atoms with E-state index in [9.17, 15) is 4.57 Å². The smallest absolute Gasteiger partial charge is 0.118 e. The summed E-state index contributed by atoms with van der Waals surface area (Å²) in [5, 5.41) is 4.14. The third-order valence-electron chi connectivity index (χ3n) is 4.43. The van der Waals surface area contributed by atoms with Gasteiger partial charge in [-0.3, -0.25) is 4.90 Å². The average molecular weight is 314 g/mol. The lowest BCUT2D eigenvalue weighted by Gasteiger charge is -2.32. The monoisotopic (exact) mass is 314 g/mol. The zero-order chi connectivity index (χ0) is 15.4. The molecule has 2 aromatic carbocycles. The highest BCUT2D eigenvalue weighted by Crippen LogP contribution is 2.46. The van der Waals surface area contributed by atoms with Crippen LogP contribution in [0, 0.1) is 0 Å². The molecule has 0 unspecified atom stereocenters. The van der Waals surface area contributed by atoms with Crippen molar-refractivity contribution in [1.82, 2.24) is 4.90 Å². The third kappa shape index (κ3) is 3.43. The fourth-order valence-electron chi connectivity index (χ4n) is 2.99. The summed E-state index contributed by atoms with van der Waals surface area (Å²) in [7, 11) is -0.306. The van der Waals surface area contributed by atoms with Gasteiger partial charge in [-0.25, -0.2) is 0 Å². The molecule has 4 heteroatoms. The zero-order valence-electron chi connectivity index (χ0n) is 13.0. The van der Waals surface area contributed by atoms with E-state index in [-0.39, 0.29) is 0 Å². The van der Waals surface area contributed by atoms with Crippen molar-refractivity contribution < 1.29 is 4.57 Å². The molecule has 3 rings (SSSR count). The molecule has 3 nitrogen and oxygen atoms in total. The zero-order valence-corrected chi connectivity index (χ0v) is 13.9. The quantitative estimate of drug-likeness (QED) is 0.880. The van der Waals surface area contributed by atoms with E-state index in [2.05, 4.69) is 34.5 Å². The Labute approximate surface area is 132 Å². The lowest BCUT2D eigenvalue weighted by molar-refractivity contribution is 0.288. The molecular formula is C18H23N2OP. The van der Waals surface area contributed by atoms with Crippen molar-refractivity contribution in [3.05, 3.63) is 60.2 Å². The van der Waals surface area contributed by atoms with E-state index in [0.717, 1.165) is 43.0 Å². The van der Waals surface area contributed by atoms with E-state index in [4.69, 9.17) is 0 Å². The predicted molar refractivity (Wildman–Crippen MR) is 94.7 cm³/mol. The van der Waals surface area contributed by atoms with Crippen molar-refractivity contribution in [3.63, 3.8) is 0 Å². The summed E-state index contributed by atoms with van der Waals surface area (Å²) in [5.74, 6) is 0. The fraction of sp³-hybridized carbons (Fsp3) is 0.333. The van der Waals surface area contributed by atoms with Gasteiger partial charge in [0.05, 0.1) is 0 Å². The first-order chi connectivity index (χ1) is 10.7. The summed E-state index contributed by atoms with van der Waals surface area (Å²) in [6.45, 7) is 2.79. The summed E-state index contributed by atoms with van der Waals surface area (Å²) in [4.78, 5) is 2.41. The van der Waals surface area contributed by atoms with Crippen LogP contribution in [0.1, 0.15) is 5.56 Å². The van der Waals surface area contributed by atoms with Crippen LogP contribution in [-0.4, -0.2) is 37.4 Å². The van der Waals surface area contributed by atoms with E-state index in [1.165, 1.54) is 5.56 Å². The molecule has 1 heterocycles. The highest BCUT2D eigenvalue weighted by molar-refractivity contribution is 7.71. The first kappa shape index (κ1) is 15.3. The van der Waals surface area contributed by atoms with Crippen molar-refractivity contribution >= 4 is 18.1 Å². The van der Waals surface area contributed by atoms with Gasteiger partial charge in [0.2, 0.25) is 0 Å². The Morgan fingerprint density at radius 3 is 2.23 bits per heavy atom. The molecule has 0 bridgehead atoms. The number of nitrogens with one attached hydrogen (secondary N) is 1. The molecular weight excluding hydrogens is 291 g/mol. The summed E-state index contributed by atoms with van der Waals surface area (Å²) < 4.78 is 13.2.